The molecular formula is C13H23N3O4. The molecule has 2 atom stereocenters. The van der Waals surface area contributed by atoms with E-state index in [4.69, 9.17) is 9.47 Å². The number of carbonyl (C=O) groups is 2. The van der Waals surface area contributed by atoms with Crippen LogP contribution in [0.5, 0.6) is 0 Å². The van der Waals surface area contributed by atoms with Gasteiger partial charge in [-0.25, -0.2) is 0 Å². The van der Waals surface area contributed by atoms with Gasteiger partial charge in [-0.2, -0.15) is 0 Å². The Hall–Kier alpha value is -1.18. The van der Waals surface area contributed by atoms with E-state index in [2.05, 4.69) is 10.6 Å². The van der Waals surface area contributed by atoms with Crippen LogP contribution in [0, 0.1) is 0 Å². The zero-order valence-electron chi connectivity index (χ0n) is 11.9. The number of morpholine rings is 2. The summed E-state index contributed by atoms with van der Waals surface area (Å²) in [5.41, 5.74) is 0. The summed E-state index contributed by atoms with van der Waals surface area (Å²) in [6, 6.07) is -0.331. The van der Waals surface area contributed by atoms with Crippen LogP contribution >= 0.6 is 0 Å². The molecule has 0 unspecified atom stereocenters. The Bertz CT molecular complexity index is 345. The number of rotatable bonds is 4. The van der Waals surface area contributed by atoms with E-state index in [0.29, 0.717) is 52.4 Å². The van der Waals surface area contributed by atoms with Gasteiger partial charge in [0.1, 0.15) is 6.04 Å². The first-order valence-electron chi connectivity index (χ1n) is 7.16. The average Bonchev–Trinajstić information content (AvgIpc) is 2.48. The van der Waals surface area contributed by atoms with Gasteiger partial charge < -0.3 is 25.0 Å². The lowest BCUT2D eigenvalue weighted by atomic mass is 10.1. The lowest BCUT2D eigenvalue weighted by Gasteiger charge is -2.29. The SMILES string of the molecule is C[C@H]1OCCN[C@@H]1C(=O)NCCC(=O)N1CCOCC1. The van der Waals surface area contributed by atoms with Crippen molar-refractivity contribution in [1.82, 2.24) is 15.5 Å². The van der Waals surface area contributed by atoms with E-state index in [-0.39, 0.29) is 24.0 Å². The summed E-state index contributed by atoms with van der Waals surface area (Å²) in [4.78, 5) is 25.6. The van der Waals surface area contributed by atoms with E-state index in [1.54, 1.807) is 4.90 Å². The molecule has 0 radical (unpaired) electrons. The lowest BCUT2D eigenvalue weighted by molar-refractivity contribution is -0.135. The van der Waals surface area contributed by atoms with Gasteiger partial charge in [-0.05, 0) is 6.92 Å². The van der Waals surface area contributed by atoms with Crippen LogP contribution in [0.15, 0.2) is 0 Å². The Balaban J connectivity index is 1.66. The van der Waals surface area contributed by atoms with E-state index in [1.807, 2.05) is 6.92 Å². The van der Waals surface area contributed by atoms with Crippen molar-refractivity contribution in [1.29, 1.82) is 0 Å². The number of amides is 2. The Morgan fingerprint density at radius 2 is 2.05 bits per heavy atom. The lowest BCUT2D eigenvalue weighted by Crippen LogP contribution is -2.55. The van der Waals surface area contributed by atoms with E-state index in [0.717, 1.165) is 0 Å². The maximum absolute atomic E-state index is 12.0. The second-order valence-electron chi connectivity index (χ2n) is 5.04. The highest BCUT2D eigenvalue weighted by molar-refractivity contribution is 5.83. The molecule has 0 aromatic rings. The minimum Gasteiger partial charge on any atom is -0.378 e. The molecule has 0 spiro atoms. The molecule has 2 heterocycles. The molecule has 2 rings (SSSR count). The molecule has 2 aliphatic heterocycles. The van der Waals surface area contributed by atoms with Crippen molar-refractivity contribution >= 4 is 11.8 Å². The summed E-state index contributed by atoms with van der Waals surface area (Å²) in [5, 5.41) is 5.91. The van der Waals surface area contributed by atoms with Crippen molar-refractivity contribution in [3.05, 3.63) is 0 Å². The molecule has 2 aliphatic rings. The van der Waals surface area contributed by atoms with Gasteiger partial charge in [0.25, 0.3) is 0 Å². The van der Waals surface area contributed by atoms with Crippen LogP contribution in [0.25, 0.3) is 0 Å². The Kier molecular flexibility index (Phi) is 5.75. The monoisotopic (exact) mass is 285 g/mol. The van der Waals surface area contributed by atoms with Gasteiger partial charge in [0.2, 0.25) is 11.8 Å². The van der Waals surface area contributed by atoms with Crippen molar-refractivity contribution in [3.63, 3.8) is 0 Å². The third kappa shape index (κ3) is 4.16. The zero-order chi connectivity index (χ0) is 14.4. The fraction of sp³-hybridized carbons (Fsp3) is 0.846. The molecule has 2 amide bonds. The van der Waals surface area contributed by atoms with E-state index in [9.17, 15) is 9.59 Å². The highest BCUT2D eigenvalue weighted by Crippen LogP contribution is 2.04. The largest absolute Gasteiger partial charge is 0.378 e. The van der Waals surface area contributed by atoms with Crippen LogP contribution in [0.2, 0.25) is 0 Å². The maximum Gasteiger partial charge on any atom is 0.239 e. The zero-order valence-corrected chi connectivity index (χ0v) is 11.9. The van der Waals surface area contributed by atoms with Crippen LogP contribution in [0.3, 0.4) is 0 Å². The van der Waals surface area contributed by atoms with Gasteiger partial charge in [0, 0.05) is 32.6 Å². The third-order valence-corrected chi connectivity index (χ3v) is 3.60. The van der Waals surface area contributed by atoms with Gasteiger partial charge in [-0.1, -0.05) is 0 Å². The van der Waals surface area contributed by atoms with E-state index < -0.39 is 0 Å². The molecule has 0 aromatic heterocycles. The van der Waals surface area contributed by atoms with Gasteiger partial charge >= 0.3 is 0 Å². The Morgan fingerprint density at radius 1 is 1.30 bits per heavy atom. The summed E-state index contributed by atoms with van der Waals surface area (Å²) < 4.78 is 10.6. The van der Waals surface area contributed by atoms with Crippen molar-refractivity contribution in [2.45, 2.75) is 25.5 Å². The standard InChI is InChI=1S/C13H23N3O4/c1-10-12(14-4-7-20-10)13(18)15-3-2-11(17)16-5-8-19-9-6-16/h10,12,14H,2-9H2,1H3,(H,15,18)/t10-,12+/m1/s1. The summed E-state index contributed by atoms with van der Waals surface area (Å²) in [5.74, 6) is -0.0403. The molecule has 2 fully saturated rings. The quantitative estimate of drug-likeness (QED) is 0.673. The molecule has 7 heteroatoms. The minimum absolute atomic E-state index is 0.0644. The van der Waals surface area contributed by atoms with Crippen molar-refractivity contribution in [3.8, 4) is 0 Å². The molecular weight excluding hydrogens is 262 g/mol. The van der Waals surface area contributed by atoms with E-state index in [1.165, 1.54) is 0 Å². The minimum atomic E-state index is -0.331. The second-order valence-corrected chi connectivity index (χ2v) is 5.04. The van der Waals surface area contributed by atoms with Crippen molar-refractivity contribution < 1.29 is 19.1 Å². The van der Waals surface area contributed by atoms with Crippen LogP contribution in [0.4, 0.5) is 0 Å². The first-order chi connectivity index (χ1) is 9.68. The second kappa shape index (κ2) is 7.56. The topological polar surface area (TPSA) is 79.9 Å². The summed E-state index contributed by atoms with van der Waals surface area (Å²) in [7, 11) is 0. The third-order valence-electron chi connectivity index (χ3n) is 3.60. The number of nitrogens with zero attached hydrogens (tertiary/aromatic N) is 1. The van der Waals surface area contributed by atoms with Gasteiger partial charge in [0.15, 0.2) is 0 Å². The molecule has 2 saturated heterocycles. The number of carbonyl (C=O) groups excluding carboxylic acids is 2. The normalized spacial score (nSPS) is 27.1. The van der Waals surface area contributed by atoms with Gasteiger partial charge in [-0.15, -0.1) is 0 Å². The first-order valence-corrected chi connectivity index (χ1v) is 7.16. The summed E-state index contributed by atoms with van der Waals surface area (Å²) in [6.45, 7) is 6.01. The Morgan fingerprint density at radius 3 is 2.75 bits per heavy atom. The fourth-order valence-electron chi connectivity index (χ4n) is 2.40. The van der Waals surface area contributed by atoms with Gasteiger partial charge in [-0.3, -0.25) is 9.59 Å². The molecule has 7 nitrogen and oxygen atoms in total. The van der Waals surface area contributed by atoms with Crippen LogP contribution < -0.4 is 10.6 Å². The molecule has 2 N–H and O–H groups in total. The molecule has 0 aromatic carbocycles. The van der Waals surface area contributed by atoms with Crippen LogP contribution in [-0.2, 0) is 19.1 Å². The summed E-state index contributed by atoms with van der Waals surface area (Å²) in [6.07, 6.45) is 0.187. The number of hydrogen-bond donors (Lipinski definition) is 2. The highest BCUT2D eigenvalue weighted by atomic mass is 16.5. The van der Waals surface area contributed by atoms with Gasteiger partial charge in [0.05, 0.1) is 25.9 Å². The molecule has 0 aliphatic carbocycles. The molecule has 0 saturated carbocycles. The summed E-state index contributed by atoms with van der Waals surface area (Å²) >= 11 is 0. The first kappa shape index (κ1) is 15.2. The fourth-order valence-corrected chi connectivity index (χ4v) is 2.40. The highest BCUT2D eigenvalue weighted by Gasteiger charge is 2.28. The van der Waals surface area contributed by atoms with E-state index >= 15 is 0 Å². The number of nitrogens with one attached hydrogen (secondary N) is 2. The predicted molar refractivity (Wildman–Crippen MR) is 72.2 cm³/mol. The number of ether oxygens (including phenoxy) is 2. The Labute approximate surface area is 119 Å². The molecule has 0 bridgehead atoms. The maximum atomic E-state index is 12.0. The van der Waals surface area contributed by atoms with Crippen molar-refractivity contribution in [2.75, 3.05) is 46.0 Å². The molecule has 20 heavy (non-hydrogen) atoms. The molecule has 114 valence electrons. The predicted octanol–water partition coefficient (Wildman–Crippen LogP) is -1.27. The van der Waals surface area contributed by atoms with Crippen LogP contribution in [0.1, 0.15) is 13.3 Å². The average molecular weight is 285 g/mol. The smallest absolute Gasteiger partial charge is 0.239 e. The number of hydrogen-bond acceptors (Lipinski definition) is 5. The van der Waals surface area contributed by atoms with Crippen molar-refractivity contribution in [2.24, 2.45) is 0 Å². The van der Waals surface area contributed by atoms with Crippen LogP contribution in [-0.4, -0.2) is 74.9 Å².